The van der Waals surface area contributed by atoms with Gasteiger partial charge in [-0.2, -0.15) is 0 Å². The number of likely N-dealkylation sites (N-methyl/N-ethyl adjacent to an activating group) is 2. The second-order valence-electron chi connectivity index (χ2n) is 7.74. The van der Waals surface area contributed by atoms with Crippen molar-refractivity contribution >= 4 is 16.8 Å². The molecule has 0 unspecified atom stereocenters. The van der Waals surface area contributed by atoms with Gasteiger partial charge in [0.1, 0.15) is 6.54 Å². The second kappa shape index (κ2) is 8.65. The van der Waals surface area contributed by atoms with Crippen molar-refractivity contribution in [1.29, 1.82) is 0 Å². The highest BCUT2D eigenvalue weighted by molar-refractivity contribution is 5.81. The van der Waals surface area contributed by atoms with Crippen molar-refractivity contribution in [3.05, 3.63) is 40.4 Å². The third kappa shape index (κ3) is 4.56. The molecule has 1 aromatic heterocycles. The van der Waals surface area contributed by atoms with Crippen molar-refractivity contribution in [1.82, 2.24) is 19.4 Å². The number of hydrogen-bond donors (Lipinski definition) is 0. The summed E-state index contributed by atoms with van der Waals surface area (Å²) in [5.74, 6) is -0.0667. The van der Waals surface area contributed by atoms with E-state index in [-0.39, 0.29) is 18.0 Å². The lowest BCUT2D eigenvalue weighted by atomic mass is 9.94. The highest BCUT2D eigenvalue weighted by Crippen LogP contribution is 2.21. The standard InChI is InChI=1S/C21H30N4O2/c1-16-8-7-11-18-20(16)22-15-25(21(18)27)14-19(26)24(3)13-12-23(2)17-9-5-4-6-10-17/h7-8,11,15,17H,4-6,9-10,12-14H2,1-3H3. The molecule has 3 rings (SSSR count). The van der Waals surface area contributed by atoms with Crippen molar-refractivity contribution in [2.24, 2.45) is 0 Å². The van der Waals surface area contributed by atoms with Gasteiger partial charge < -0.3 is 9.80 Å². The highest BCUT2D eigenvalue weighted by atomic mass is 16.2. The van der Waals surface area contributed by atoms with Crippen LogP contribution in [0.4, 0.5) is 0 Å². The van der Waals surface area contributed by atoms with Crippen molar-refractivity contribution in [3.8, 4) is 0 Å². The van der Waals surface area contributed by atoms with Gasteiger partial charge in [0.25, 0.3) is 5.56 Å². The van der Waals surface area contributed by atoms with Gasteiger partial charge >= 0.3 is 0 Å². The van der Waals surface area contributed by atoms with E-state index in [4.69, 9.17) is 0 Å². The molecule has 1 heterocycles. The van der Waals surface area contributed by atoms with Gasteiger partial charge in [0, 0.05) is 26.2 Å². The molecule has 0 spiro atoms. The molecule has 6 heteroatoms. The highest BCUT2D eigenvalue weighted by Gasteiger charge is 2.19. The van der Waals surface area contributed by atoms with Crippen LogP contribution in [0.5, 0.6) is 0 Å². The number of hydrogen-bond acceptors (Lipinski definition) is 4. The van der Waals surface area contributed by atoms with Crippen LogP contribution in [0, 0.1) is 6.92 Å². The summed E-state index contributed by atoms with van der Waals surface area (Å²) in [6.07, 6.45) is 7.95. The Morgan fingerprint density at radius 1 is 1.19 bits per heavy atom. The van der Waals surface area contributed by atoms with Crippen molar-refractivity contribution in [3.63, 3.8) is 0 Å². The number of para-hydroxylation sites is 1. The zero-order valence-corrected chi connectivity index (χ0v) is 16.6. The summed E-state index contributed by atoms with van der Waals surface area (Å²) >= 11 is 0. The van der Waals surface area contributed by atoms with E-state index in [1.165, 1.54) is 43.0 Å². The molecule has 1 aliphatic rings. The maximum absolute atomic E-state index is 12.7. The lowest BCUT2D eigenvalue weighted by molar-refractivity contribution is -0.130. The molecular formula is C21H30N4O2. The fourth-order valence-electron chi connectivity index (χ4n) is 3.85. The first kappa shape index (κ1) is 19.5. The van der Waals surface area contributed by atoms with Gasteiger partial charge in [-0.15, -0.1) is 0 Å². The fraction of sp³-hybridized carbons (Fsp3) is 0.571. The number of rotatable bonds is 6. The molecule has 27 heavy (non-hydrogen) atoms. The van der Waals surface area contributed by atoms with Gasteiger partial charge in [0.05, 0.1) is 17.2 Å². The fourth-order valence-corrected chi connectivity index (χ4v) is 3.85. The molecule has 0 saturated heterocycles. The van der Waals surface area contributed by atoms with E-state index in [2.05, 4.69) is 16.9 Å². The minimum Gasteiger partial charge on any atom is -0.343 e. The number of carbonyl (C=O) groups is 1. The quantitative estimate of drug-likeness (QED) is 0.784. The predicted molar refractivity (Wildman–Crippen MR) is 108 cm³/mol. The Morgan fingerprint density at radius 2 is 1.93 bits per heavy atom. The van der Waals surface area contributed by atoms with Gasteiger partial charge in [0.15, 0.2) is 0 Å². The summed E-state index contributed by atoms with van der Waals surface area (Å²) in [4.78, 5) is 33.7. The summed E-state index contributed by atoms with van der Waals surface area (Å²) in [7, 11) is 3.95. The van der Waals surface area contributed by atoms with Crippen LogP contribution in [-0.4, -0.2) is 58.5 Å². The zero-order valence-electron chi connectivity index (χ0n) is 16.6. The van der Waals surface area contributed by atoms with E-state index in [1.807, 2.05) is 19.1 Å². The van der Waals surface area contributed by atoms with E-state index >= 15 is 0 Å². The number of carbonyl (C=O) groups excluding carboxylic acids is 1. The molecule has 2 aromatic rings. The normalized spacial score (nSPS) is 15.4. The van der Waals surface area contributed by atoms with Gasteiger partial charge in [-0.1, -0.05) is 31.4 Å². The topological polar surface area (TPSA) is 58.4 Å². The van der Waals surface area contributed by atoms with Crippen LogP contribution in [0.2, 0.25) is 0 Å². The Morgan fingerprint density at radius 3 is 2.67 bits per heavy atom. The van der Waals surface area contributed by atoms with Crippen molar-refractivity contribution in [2.45, 2.75) is 51.6 Å². The molecule has 1 aromatic carbocycles. The number of amides is 1. The van der Waals surface area contributed by atoms with Crippen LogP contribution < -0.4 is 5.56 Å². The Hall–Kier alpha value is -2.21. The first-order valence-electron chi connectivity index (χ1n) is 9.86. The second-order valence-corrected chi connectivity index (χ2v) is 7.74. The number of fused-ring (bicyclic) bond motifs is 1. The monoisotopic (exact) mass is 370 g/mol. The van der Waals surface area contributed by atoms with E-state index in [9.17, 15) is 9.59 Å². The number of aromatic nitrogens is 2. The maximum Gasteiger partial charge on any atom is 0.261 e. The molecule has 0 aliphatic heterocycles. The van der Waals surface area contributed by atoms with Crippen LogP contribution in [0.1, 0.15) is 37.7 Å². The molecular weight excluding hydrogens is 340 g/mol. The molecule has 1 amide bonds. The van der Waals surface area contributed by atoms with E-state index in [0.717, 1.165) is 12.1 Å². The van der Waals surface area contributed by atoms with Crippen molar-refractivity contribution in [2.75, 3.05) is 27.2 Å². The molecule has 1 fully saturated rings. The molecule has 0 radical (unpaired) electrons. The van der Waals surface area contributed by atoms with Crippen LogP contribution in [0.15, 0.2) is 29.3 Å². The third-order valence-corrected chi connectivity index (χ3v) is 5.77. The third-order valence-electron chi connectivity index (χ3n) is 5.77. The number of benzene rings is 1. The summed E-state index contributed by atoms with van der Waals surface area (Å²) < 4.78 is 1.41. The zero-order chi connectivity index (χ0) is 19.4. The first-order chi connectivity index (χ1) is 13.0. The van der Waals surface area contributed by atoms with E-state index in [1.54, 1.807) is 18.0 Å². The van der Waals surface area contributed by atoms with Gasteiger partial charge in [-0.3, -0.25) is 14.2 Å². The molecule has 0 N–H and O–H groups in total. The SMILES string of the molecule is Cc1cccc2c(=O)n(CC(=O)N(C)CCN(C)C3CCCCC3)cnc12. The van der Waals surface area contributed by atoms with E-state index in [0.29, 0.717) is 23.5 Å². The lowest BCUT2D eigenvalue weighted by Gasteiger charge is -2.32. The first-order valence-corrected chi connectivity index (χ1v) is 9.86. The van der Waals surface area contributed by atoms with Crippen molar-refractivity contribution < 1.29 is 4.79 Å². The van der Waals surface area contributed by atoms with Gasteiger partial charge in [-0.05, 0) is 38.4 Å². The Balaban J connectivity index is 1.60. The summed E-state index contributed by atoms with van der Waals surface area (Å²) in [5, 5.41) is 0.560. The summed E-state index contributed by atoms with van der Waals surface area (Å²) in [6.45, 7) is 3.48. The molecule has 146 valence electrons. The van der Waals surface area contributed by atoms with Crippen LogP contribution >= 0.6 is 0 Å². The van der Waals surface area contributed by atoms with Crippen LogP contribution in [-0.2, 0) is 11.3 Å². The number of nitrogens with zero attached hydrogens (tertiary/aromatic N) is 4. The maximum atomic E-state index is 12.7. The Labute approximate surface area is 160 Å². The van der Waals surface area contributed by atoms with Crippen LogP contribution in [0.25, 0.3) is 10.9 Å². The summed E-state index contributed by atoms with van der Waals surface area (Å²) in [6, 6.07) is 6.18. The minimum absolute atomic E-state index is 0.0271. The van der Waals surface area contributed by atoms with Gasteiger partial charge in [0.2, 0.25) is 5.91 Å². The predicted octanol–water partition coefficient (Wildman–Crippen LogP) is 2.43. The molecule has 0 bridgehead atoms. The molecule has 6 nitrogen and oxygen atoms in total. The minimum atomic E-state index is -0.162. The molecule has 1 aliphatic carbocycles. The molecule has 1 saturated carbocycles. The lowest BCUT2D eigenvalue weighted by Crippen LogP contribution is -2.41. The van der Waals surface area contributed by atoms with Gasteiger partial charge in [-0.25, -0.2) is 4.98 Å². The number of aryl methyl sites for hydroxylation is 1. The average Bonchev–Trinajstić information content (AvgIpc) is 2.69. The van der Waals surface area contributed by atoms with E-state index < -0.39 is 0 Å². The Bertz CT molecular complexity index is 855. The van der Waals surface area contributed by atoms with Crippen LogP contribution in [0.3, 0.4) is 0 Å². The average molecular weight is 370 g/mol. The molecule has 0 atom stereocenters. The smallest absolute Gasteiger partial charge is 0.261 e. The largest absolute Gasteiger partial charge is 0.343 e. The Kier molecular flexibility index (Phi) is 6.26. The summed E-state index contributed by atoms with van der Waals surface area (Å²) in [5.41, 5.74) is 1.50.